The van der Waals surface area contributed by atoms with Crippen LogP contribution in [0.15, 0.2) is 30.3 Å². The van der Waals surface area contributed by atoms with Crippen molar-refractivity contribution in [2.75, 3.05) is 7.11 Å². The highest BCUT2D eigenvalue weighted by Gasteiger charge is 2.38. The summed E-state index contributed by atoms with van der Waals surface area (Å²) in [5, 5.41) is 8.88. The van der Waals surface area contributed by atoms with Crippen molar-refractivity contribution in [1.29, 1.82) is 0 Å². The van der Waals surface area contributed by atoms with Crippen molar-refractivity contribution in [2.24, 2.45) is 0 Å². The van der Waals surface area contributed by atoms with Gasteiger partial charge in [0.05, 0.1) is 12.8 Å². The molecule has 0 atom stereocenters. The molecule has 0 unspecified atom stereocenters. The van der Waals surface area contributed by atoms with Gasteiger partial charge in [0.2, 0.25) is 0 Å². The zero-order valence-corrected chi connectivity index (χ0v) is 18.9. The van der Waals surface area contributed by atoms with Crippen molar-refractivity contribution in [2.45, 2.75) is 39.5 Å². The number of hydrogen-bond donors (Lipinski definition) is 1. The molecule has 0 spiro atoms. The van der Waals surface area contributed by atoms with Gasteiger partial charge in [-0.15, -0.1) is 0 Å². The first-order chi connectivity index (χ1) is 15.5. The van der Waals surface area contributed by atoms with Gasteiger partial charge < -0.3 is 14.6 Å². The molecule has 0 saturated heterocycles. The second kappa shape index (κ2) is 9.78. The molecule has 10 heteroatoms. The number of carboxylic acids is 1. The van der Waals surface area contributed by atoms with Crippen LogP contribution >= 0.6 is 11.5 Å². The van der Waals surface area contributed by atoms with E-state index in [4.69, 9.17) is 14.6 Å². The highest BCUT2D eigenvalue weighted by Crippen LogP contribution is 2.41. The van der Waals surface area contributed by atoms with Gasteiger partial charge >= 0.3 is 12.1 Å². The molecule has 0 aliphatic rings. The predicted octanol–water partition coefficient (Wildman–Crippen LogP) is 6.19. The van der Waals surface area contributed by atoms with Crippen molar-refractivity contribution >= 4 is 17.5 Å². The maximum absolute atomic E-state index is 14.6. The van der Waals surface area contributed by atoms with Gasteiger partial charge in [-0.2, -0.15) is 17.5 Å². The van der Waals surface area contributed by atoms with Gasteiger partial charge in [-0.3, -0.25) is 4.79 Å². The second-order valence-corrected chi connectivity index (χ2v) is 8.11. The van der Waals surface area contributed by atoms with E-state index in [1.807, 2.05) is 0 Å². The Morgan fingerprint density at radius 1 is 1.15 bits per heavy atom. The minimum Gasteiger partial charge on any atom is -0.497 e. The molecule has 1 heterocycles. The zero-order valence-electron chi connectivity index (χ0n) is 18.0. The maximum atomic E-state index is 14.6. The van der Waals surface area contributed by atoms with Gasteiger partial charge in [-0.05, 0) is 66.7 Å². The monoisotopic (exact) mass is 483 g/mol. The van der Waals surface area contributed by atoms with Gasteiger partial charge in [0.15, 0.2) is 0 Å². The predicted molar refractivity (Wildman–Crippen MR) is 115 cm³/mol. The van der Waals surface area contributed by atoms with E-state index in [0.29, 0.717) is 17.7 Å². The first-order valence-corrected chi connectivity index (χ1v) is 10.6. The van der Waals surface area contributed by atoms with Gasteiger partial charge in [0.1, 0.15) is 28.8 Å². The topological polar surface area (TPSA) is 68.7 Å². The molecule has 1 aromatic heterocycles. The summed E-state index contributed by atoms with van der Waals surface area (Å²) in [5.41, 5.74) is 1.82. The van der Waals surface area contributed by atoms with Crippen molar-refractivity contribution < 1.29 is 36.9 Å². The fraction of sp³-hybridized carbons (Fsp3) is 0.304. The molecular weight excluding hydrogens is 462 g/mol. The summed E-state index contributed by atoms with van der Waals surface area (Å²) in [7, 11) is 1.36. The largest absolute Gasteiger partial charge is 0.497 e. The summed E-state index contributed by atoms with van der Waals surface area (Å²) in [4.78, 5) is 9.88. The minimum atomic E-state index is -4.68. The third kappa shape index (κ3) is 5.44. The number of aliphatic carboxylic acids is 1. The Balaban J connectivity index is 1.94. The van der Waals surface area contributed by atoms with Crippen LogP contribution in [0.1, 0.15) is 33.6 Å². The standard InChI is InChI=1S/C23H21F4NO4S/c1-12-13(2)19(8-4-14(12)5-9-20(29)30)32-11-17-21(28-33-22(17)23(25,26)27)16-7-6-15(31-3)10-18(16)24/h4,6-8,10H,5,9,11H2,1-3H3,(H,29,30). The Bertz CT molecular complexity index is 1170. The number of rotatable bonds is 8. The molecule has 0 saturated carbocycles. The molecule has 1 N–H and O–H groups in total. The summed E-state index contributed by atoms with van der Waals surface area (Å²) < 4.78 is 70.0. The third-order valence-electron chi connectivity index (χ3n) is 5.31. The molecule has 5 nitrogen and oxygen atoms in total. The van der Waals surface area contributed by atoms with E-state index in [2.05, 4.69) is 4.37 Å². The summed E-state index contributed by atoms with van der Waals surface area (Å²) in [6.45, 7) is 3.07. The lowest BCUT2D eigenvalue weighted by atomic mass is 9.99. The van der Waals surface area contributed by atoms with Crippen LogP contribution in [0.25, 0.3) is 11.3 Å². The molecule has 176 valence electrons. The van der Waals surface area contributed by atoms with E-state index in [1.54, 1.807) is 26.0 Å². The lowest BCUT2D eigenvalue weighted by Gasteiger charge is -2.16. The fourth-order valence-corrected chi connectivity index (χ4v) is 4.12. The third-order valence-corrected chi connectivity index (χ3v) is 6.24. The Morgan fingerprint density at radius 3 is 2.48 bits per heavy atom. The van der Waals surface area contributed by atoms with Gasteiger partial charge in [-0.1, -0.05) is 6.07 Å². The number of carboxylic acid groups (broad SMARTS) is 1. The zero-order chi connectivity index (χ0) is 24.3. The SMILES string of the molecule is COc1ccc(-c2nsc(C(F)(F)F)c2COc2ccc(CCC(=O)O)c(C)c2C)c(F)c1. The Morgan fingerprint density at radius 2 is 1.88 bits per heavy atom. The van der Waals surface area contributed by atoms with Crippen LogP contribution in [0.2, 0.25) is 0 Å². The van der Waals surface area contributed by atoms with Crippen LogP contribution in [-0.4, -0.2) is 22.6 Å². The number of methoxy groups -OCH3 is 1. The molecular formula is C23H21F4NO4S. The summed E-state index contributed by atoms with van der Waals surface area (Å²) >= 11 is 0.242. The highest BCUT2D eigenvalue weighted by molar-refractivity contribution is 7.06. The van der Waals surface area contributed by atoms with E-state index in [0.717, 1.165) is 17.2 Å². The van der Waals surface area contributed by atoms with Crippen molar-refractivity contribution in [1.82, 2.24) is 4.37 Å². The normalized spacial score (nSPS) is 11.5. The fourth-order valence-electron chi connectivity index (χ4n) is 3.36. The van der Waals surface area contributed by atoms with Gasteiger partial charge in [0, 0.05) is 23.6 Å². The van der Waals surface area contributed by atoms with E-state index in [1.165, 1.54) is 19.2 Å². The molecule has 0 bridgehead atoms. The number of carbonyl (C=O) groups is 1. The quantitative estimate of drug-likeness (QED) is 0.387. The highest BCUT2D eigenvalue weighted by atomic mass is 32.1. The smallest absolute Gasteiger partial charge is 0.427 e. The van der Waals surface area contributed by atoms with Gasteiger partial charge in [0.25, 0.3) is 0 Å². The van der Waals surface area contributed by atoms with Crippen LogP contribution < -0.4 is 9.47 Å². The first-order valence-electron chi connectivity index (χ1n) is 9.86. The summed E-state index contributed by atoms with van der Waals surface area (Å²) in [6.07, 6.45) is -4.38. The molecule has 0 aliphatic carbocycles. The van der Waals surface area contributed by atoms with Crippen LogP contribution in [-0.2, 0) is 24.0 Å². The number of hydrogen-bond acceptors (Lipinski definition) is 5. The van der Waals surface area contributed by atoms with Crippen molar-refractivity contribution in [3.05, 3.63) is 63.3 Å². The van der Waals surface area contributed by atoms with E-state index in [9.17, 15) is 22.4 Å². The number of halogens is 4. The molecule has 33 heavy (non-hydrogen) atoms. The number of benzene rings is 2. The molecule has 2 aromatic carbocycles. The van der Waals surface area contributed by atoms with Crippen LogP contribution in [0.4, 0.5) is 17.6 Å². The summed E-state index contributed by atoms with van der Waals surface area (Å²) in [6, 6.07) is 7.13. The molecule has 3 rings (SSSR count). The average Bonchev–Trinajstić information content (AvgIpc) is 3.18. The Labute approximate surface area is 191 Å². The van der Waals surface area contributed by atoms with Gasteiger partial charge in [-0.25, -0.2) is 4.39 Å². The van der Waals surface area contributed by atoms with E-state index >= 15 is 0 Å². The molecule has 3 aromatic rings. The minimum absolute atomic E-state index is 0.0349. The number of alkyl halides is 3. The summed E-state index contributed by atoms with van der Waals surface area (Å²) in [5.74, 6) is -1.10. The van der Waals surface area contributed by atoms with Crippen molar-refractivity contribution in [3.8, 4) is 22.8 Å². The lowest BCUT2D eigenvalue weighted by molar-refractivity contribution is -0.137. The van der Waals surface area contributed by atoms with Crippen LogP contribution in [0.3, 0.4) is 0 Å². The van der Waals surface area contributed by atoms with Crippen LogP contribution in [0.5, 0.6) is 11.5 Å². The second-order valence-electron chi connectivity index (χ2n) is 7.34. The maximum Gasteiger partial charge on any atom is 0.427 e. The number of aryl methyl sites for hydroxylation is 1. The molecule has 0 aliphatic heterocycles. The number of ether oxygens (including phenoxy) is 2. The molecule has 0 fully saturated rings. The van der Waals surface area contributed by atoms with E-state index < -0.39 is 29.4 Å². The average molecular weight is 483 g/mol. The molecule has 0 radical (unpaired) electrons. The number of nitrogens with zero attached hydrogens (tertiary/aromatic N) is 1. The lowest BCUT2D eigenvalue weighted by Crippen LogP contribution is -2.09. The molecule has 0 amide bonds. The van der Waals surface area contributed by atoms with Crippen LogP contribution in [0, 0.1) is 19.7 Å². The Hall–Kier alpha value is -3.14. The first kappa shape index (κ1) is 24.5. The van der Waals surface area contributed by atoms with E-state index in [-0.39, 0.29) is 40.5 Å². The number of aromatic nitrogens is 1. The van der Waals surface area contributed by atoms with Crippen molar-refractivity contribution in [3.63, 3.8) is 0 Å². The Kier molecular flexibility index (Phi) is 7.26.